The van der Waals surface area contributed by atoms with Gasteiger partial charge in [-0.3, -0.25) is 14.5 Å². The summed E-state index contributed by atoms with van der Waals surface area (Å²) in [6.45, 7) is 4.75. The third kappa shape index (κ3) is 5.04. The van der Waals surface area contributed by atoms with Gasteiger partial charge in [-0.15, -0.1) is 0 Å². The van der Waals surface area contributed by atoms with E-state index in [1.165, 1.54) is 0 Å². The van der Waals surface area contributed by atoms with Crippen molar-refractivity contribution in [2.24, 2.45) is 0 Å². The lowest BCUT2D eigenvalue weighted by molar-refractivity contribution is -0.139. The SMILES string of the molecule is CCN(CC(=O)O)C1CC(NC(=O)Cc2ccc(Br)cc2C)C1. The molecule has 0 unspecified atom stereocenters. The van der Waals surface area contributed by atoms with E-state index in [0.717, 1.165) is 35.0 Å². The maximum Gasteiger partial charge on any atom is 0.317 e. The molecule has 0 spiro atoms. The summed E-state index contributed by atoms with van der Waals surface area (Å²) in [5.41, 5.74) is 2.13. The molecule has 1 aromatic rings. The number of hydrogen-bond donors (Lipinski definition) is 2. The van der Waals surface area contributed by atoms with Crippen LogP contribution in [-0.2, 0) is 16.0 Å². The monoisotopic (exact) mass is 382 g/mol. The first-order valence-electron chi connectivity index (χ1n) is 7.89. The Labute approximate surface area is 145 Å². The molecule has 5 nitrogen and oxygen atoms in total. The average Bonchev–Trinajstić information content (AvgIpc) is 2.43. The fraction of sp³-hybridized carbons (Fsp3) is 0.529. The molecule has 1 aliphatic carbocycles. The second kappa shape index (κ2) is 7.93. The first-order valence-corrected chi connectivity index (χ1v) is 8.68. The Kier molecular flexibility index (Phi) is 6.18. The van der Waals surface area contributed by atoms with Gasteiger partial charge in [0.25, 0.3) is 0 Å². The van der Waals surface area contributed by atoms with E-state index in [9.17, 15) is 9.59 Å². The Balaban J connectivity index is 1.78. The standard InChI is InChI=1S/C17H23BrN2O3/c1-3-20(10-17(22)23)15-8-14(9-15)19-16(21)7-12-4-5-13(18)6-11(12)2/h4-6,14-15H,3,7-10H2,1-2H3,(H,19,21)(H,22,23). The highest BCUT2D eigenvalue weighted by Crippen LogP contribution is 2.25. The first kappa shape index (κ1) is 17.9. The van der Waals surface area contributed by atoms with Crippen molar-refractivity contribution in [3.63, 3.8) is 0 Å². The van der Waals surface area contributed by atoms with E-state index in [4.69, 9.17) is 5.11 Å². The van der Waals surface area contributed by atoms with Gasteiger partial charge in [-0.05, 0) is 49.6 Å². The van der Waals surface area contributed by atoms with Crippen LogP contribution in [0.3, 0.4) is 0 Å². The minimum absolute atomic E-state index is 0.0279. The van der Waals surface area contributed by atoms with Gasteiger partial charge in [-0.25, -0.2) is 0 Å². The summed E-state index contributed by atoms with van der Waals surface area (Å²) in [6, 6.07) is 6.34. The molecule has 1 fully saturated rings. The number of nitrogens with one attached hydrogen (secondary N) is 1. The second-order valence-electron chi connectivity index (χ2n) is 6.09. The van der Waals surface area contributed by atoms with Gasteiger partial charge in [0.05, 0.1) is 13.0 Å². The topological polar surface area (TPSA) is 69.6 Å². The van der Waals surface area contributed by atoms with Crippen LogP contribution < -0.4 is 5.32 Å². The van der Waals surface area contributed by atoms with Gasteiger partial charge in [0.1, 0.15) is 0 Å². The first-order chi connectivity index (χ1) is 10.9. The van der Waals surface area contributed by atoms with Gasteiger partial charge >= 0.3 is 5.97 Å². The number of aryl methyl sites for hydroxylation is 1. The number of carboxylic acids is 1. The number of likely N-dealkylation sites (N-methyl/N-ethyl adjacent to an activating group) is 1. The van der Waals surface area contributed by atoms with Crippen molar-refractivity contribution in [3.8, 4) is 0 Å². The molecule has 126 valence electrons. The molecule has 0 atom stereocenters. The molecule has 0 aliphatic heterocycles. The minimum Gasteiger partial charge on any atom is -0.480 e. The molecule has 0 bridgehead atoms. The summed E-state index contributed by atoms with van der Waals surface area (Å²) in [5, 5.41) is 11.9. The van der Waals surface area contributed by atoms with Crippen LogP contribution in [0.2, 0.25) is 0 Å². The predicted molar refractivity (Wildman–Crippen MR) is 92.4 cm³/mol. The van der Waals surface area contributed by atoms with Crippen molar-refractivity contribution < 1.29 is 14.7 Å². The number of nitrogens with zero attached hydrogens (tertiary/aromatic N) is 1. The smallest absolute Gasteiger partial charge is 0.317 e. The third-order valence-corrected chi connectivity index (χ3v) is 4.89. The van der Waals surface area contributed by atoms with Gasteiger partial charge in [0, 0.05) is 16.6 Å². The highest BCUT2D eigenvalue weighted by molar-refractivity contribution is 9.10. The number of carbonyl (C=O) groups is 2. The second-order valence-corrected chi connectivity index (χ2v) is 7.01. The van der Waals surface area contributed by atoms with E-state index in [-0.39, 0.29) is 24.5 Å². The lowest BCUT2D eigenvalue weighted by atomic mass is 9.85. The van der Waals surface area contributed by atoms with Gasteiger partial charge in [0.15, 0.2) is 0 Å². The van der Waals surface area contributed by atoms with Crippen molar-refractivity contribution in [1.82, 2.24) is 10.2 Å². The zero-order valence-electron chi connectivity index (χ0n) is 13.5. The van der Waals surface area contributed by atoms with Crippen LogP contribution >= 0.6 is 15.9 Å². The molecule has 2 N–H and O–H groups in total. The van der Waals surface area contributed by atoms with E-state index in [0.29, 0.717) is 6.42 Å². The van der Waals surface area contributed by atoms with Gasteiger partial charge < -0.3 is 10.4 Å². The highest BCUT2D eigenvalue weighted by atomic mass is 79.9. The summed E-state index contributed by atoms with van der Waals surface area (Å²) in [4.78, 5) is 24.9. The molecular weight excluding hydrogens is 360 g/mol. The van der Waals surface area contributed by atoms with Crippen LogP contribution in [0, 0.1) is 6.92 Å². The maximum atomic E-state index is 12.1. The summed E-state index contributed by atoms with van der Waals surface area (Å²) < 4.78 is 1.01. The molecule has 0 radical (unpaired) electrons. The molecule has 1 aliphatic rings. The van der Waals surface area contributed by atoms with Crippen LogP contribution in [0.15, 0.2) is 22.7 Å². The number of carboxylic acid groups (broad SMARTS) is 1. The fourth-order valence-corrected chi connectivity index (χ4v) is 3.46. The Bertz CT molecular complexity index is 585. The van der Waals surface area contributed by atoms with Crippen molar-refractivity contribution in [3.05, 3.63) is 33.8 Å². The molecule has 0 aromatic heterocycles. The van der Waals surface area contributed by atoms with Gasteiger partial charge in [-0.2, -0.15) is 0 Å². The number of rotatable bonds is 7. The van der Waals surface area contributed by atoms with Crippen molar-refractivity contribution in [2.75, 3.05) is 13.1 Å². The lowest BCUT2D eigenvalue weighted by Gasteiger charge is -2.42. The molecule has 1 amide bonds. The molecular formula is C17H23BrN2O3. The molecule has 1 saturated carbocycles. The third-order valence-electron chi connectivity index (χ3n) is 4.39. The quantitative estimate of drug-likeness (QED) is 0.759. The van der Waals surface area contributed by atoms with E-state index in [1.807, 2.05) is 36.9 Å². The number of halogens is 1. The normalized spacial score (nSPS) is 20.2. The van der Waals surface area contributed by atoms with Crippen LogP contribution in [0.4, 0.5) is 0 Å². The van der Waals surface area contributed by atoms with Crippen molar-refractivity contribution in [2.45, 2.75) is 45.2 Å². The van der Waals surface area contributed by atoms with Crippen LogP contribution in [0.25, 0.3) is 0 Å². The summed E-state index contributed by atoms with van der Waals surface area (Å²) >= 11 is 3.42. The Hall–Kier alpha value is -1.40. The molecule has 2 rings (SSSR count). The largest absolute Gasteiger partial charge is 0.480 e. The van der Waals surface area contributed by atoms with E-state index >= 15 is 0 Å². The zero-order chi connectivity index (χ0) is 17.0. The Morgan fingerprint density at radius 1 is 1.39 bits per heavy atom. The molecule has 6 heteroatoms. The van der Waals surface area contributed by atoms with Crippen molar-refractivity contribution >= 4 is 27.8 Å². The molecule has 0 heterocycles. The lowest BCUT2D eigenvalue weighted by Crippen LogP contribution is -2.55. The molecule has 23 heavy (non-hydrogen) atoms. The van der Waals surface area contributed by atoms with Gasteiger partial charge in [0.2, 0.25) is 5.91 Å². The number of carbonyl (C=O) groups excluding carboxylic acids is 1. The van der Waals surface area contributed by atoms with Crippen LogP contribution in [0.1, 0.15) is 30.9 Å². The molecule has 1 aromatic carbocycles. The van der Waals surface area contributed by atoms with Crippen molar-refractivity contribution in [1.29, 1.82) is 0 Å². The number of hydrogen-bond acceptors (Lipinski definition) is 3. The number of benzene rings is 1. The van der Waals surface area contributed by atoms with Crippen LogP contribution in [-0.4, -0.2) is 47.1 Å². The van der Waals surface area contributed by atoms with E-state index in [1.54, 1.807) is 0 Å². The minimum atomic E-state index is -0.801. The fourth-order valence-electron chi connectivity index (χ4n) is 2.99. The summed E-state index contributed by atoms with van der Waals surface area (Å²) in [7, 11) is 0. The van der Waals surface area contributed by atoms with E-state index < -0.39 is 5.97 Å². The Morgan fingerprint density at radius 3 is 2.65 bits per heavy atom. The highest BCUT2D eigenvalue weighted by Gasteiger charge is 2.34. The predicted octanol–water partition coefficient (Wildman–Crippen LogP) is 2.35. The zero-order valence-corrected chi connectivity index (χ0v) is 15.1. The average molecular weight is 383 g/mol. The number of amides is 1. The van der Waals surface area contributed by atoms with E-state index in [2.05, 4.69) is 21.2 Å². The maximum absolute atomic E-state index is 12.1. The van der Waals surface area contributed by atoms with Crippen LogP contribution in [0.5, 0.6) is 0 Å². The summed E-state index contributed by atoms with van der Waals surface area (Å²) in [6.07, 6.45) is 2.03. The summed E-state index contributed by atoms with van der Waals surface area (Å²) in [5.74, 6) is -0.773. The number of aliphatic carboxylic acids is 1. The molecule has 0 saturated heterocycles. The van der Waals surface area contributed by atoms with Gasteiger partial charge in [-0.1, -0.05) is 28.9 Å². The Morgan fingerprint density at radius 2 is 2.09 bits per heavy atom.